The van der Waals surface area contributed by atoms with Gasteiger partial charge in [-0.15, -0.1) is 0 Å². The van der Waals surface area contributed by atoms with Gasteiger partial charge in [0, 0.05) is 87.6 Å². The zero-order valence-electron chi connectivity index (χ0n) is 55.6. The number of carbonyl (C=O) groups excluding carboxylic acids is 2. The standard InChI is InChI=1S/C69H93F4N7O16S/c1-3-18-79(19-4-2)69(83)56-43-59-54(41-55(44-62(59)78-63(75)45-56)53-12-8-14-58(42-53)97(84,85)80-48-52(49-80)50-81)11-5-6-17-76-64(77-57-13-7-10-51(40-57)47-74)15-9-20-86-22-24-88-26-28-90-30-32-92-34-36-94-38-39-95-37-35-93-33-31-91-29-27-89-25-23-87-21-16-65(82)96-68-66(72)60(70)46-61(71)67(68)73/h7-8,10,12-14,40-44,46,52,81H,3-6,9,11,15-39,45,48-50H2,1-2H3,(H2,75,78)(H,76,77). The summed E-state index contributed by atoms with van der Waals surface area (Å²) in [6.07, 6.45) is 6.68. The fourth-order valence-corrected chi connectivity index (χ4v) is 11.6. The molecule has 4 aromatic carbocycles. The van der Waals surface area contributed by atoms with Crippen LogP contribution in [-0.4, -0.2) is 218 Å². The number of unbranched alkanes of at least 4 members (excludes halogenated alkanes) is 1. The second kappa shape index (κ2) is 45.0. The molecule has 1 amide bonds. The number of aliphatic imine (C=N–C) groups is 2. The van der Waals surface area contributed by atoms with Crippen LogP contribution in [0.3, 0.4) is 0 Å². The summed E-state index contributed by atoms with van der Waals surface area (Å²) >= 11 is 0. The van der Waals surface area contributed by atoms with E-state index in [9.17, 15) is 45.9 Å². The van der Waals surface area contributed by atoms with Gasteiger partial charge in [0.15, 0.2) is 11.6 Å². The van der Waals surface area contributed by atoms with Crippen molar-refractivity contribution in [3.63, 3.8) is 0 Å². The third-order valence-electron chi connectivity index (χ3n) is 15.0. The third kappa shape index (κ3) is 28.1. The minimum Gasteiger partial charge on any atom is -0.420 e. The molecular weight excluding hydrogens is 1290 g/mol. The number of ether oxygens (including phenoxy) is 11. The molecule has 1 fully saturated rings. The number of anilines is 1. The van der Waals surface area contributed by atoms with E-state index in [4.69, 9.17) is 63.1 Å². The van der Waals surface area contributed by atoms with Crippen LogP contribution >= 0.6 is 0 Å². The molecule has 28 heteroatoms. The van der Waals surface area contributed by atoms with Crippen molar-refractivity contribution in [3.05, 3.63) is 112 Å². The summed E-state index contributed by atoms with van der Waals surface area (Å²) in [6.45, 7) is 13.1. The van der Waals surface area contributed by atoms with Gasteiger partial charge in [-0.25, -0.2) is 22.2 Å². The van der Waals surface area contributed by atoms with E-state index in [0.717, 1.165) is 53.9 Å². The van der Waals surface area contributed by atoms with Crippen LogP contribution in [0.15, 0.2) is 87.2 Å². The number of aryl methyl sites for hydroxylation is 1. The molecule has 6 rings (SSSR count). The number of nitrogens with one attached hydrogen (secondary N) is 1. The van der Waals surface area contributed by atoms with Crippen molar-refractivity contribution >= 4 is 51.0 Å². The number of nitriles is 1. The van der Waals surface area contributed by atoms with Gasteiger partial charge in [-0.3, -0.25) is 14.6 Å². The number of fused-ring (bicyclic) bond motifs is 1. The normalized spacial score (nSPS) is 13.6. The molecule has 4 aromatic rings. The molecule has 0 bridgehead atoms. The molecule has 0 aliphatic carbocycles. The zero-order chi connectivity index (χ0) is 69.5. The Kier molecular flexibility index (Phi) is 36.7. The number of sulfonamides is 1. The molecule has 534 valence electrons. The van der Waals surface area contributed by atoms with E-state index in [2.05, 4.69) is 22.2 Å². The fourth-order valence-electron chi connectivity index (χ4n) is 10.00. The highest BCUT2D eigenvalue weighted by molar-refractivity contribution is 7.89. The van der Waals surface area contributed by atoms with E-state index in [0.29, 0.717) is 173 Å². The molecule has 2 aliphatic heterocycles. The molecule has 0 unspecified atom stereocenters. The van der Waals surface area contributed by atoms with Gasteiger partial charge in [0.1, 0.15) is 11.7 Å². The Labute approximate surface area is 566 Å². The van der Waals surface area contributed by atoms with Crippen LogP contribution in [0.5, 0.6) is 5.75 Å². The average Bonchev–Trinajstić information content (AvgIpc) is 1.54. The number of hydrogen-bond donors (Lipinski definition) is 3. The highest BCUT2D eigenvalue weighted by atomic mass is 32.2. The lowest BCUT2D eigenvalue weighted by atomic mass is 9.93. The largest absolute Gasteiger partial charge is 0.420 e. The topological polar surface area (TPSA) is 283 Å². The summed E-state index contributed by atoms with van der Waals surface area (Å²) in [7, 11) is -3.78. The number of aliphatic hydroxyl groups is 1. The summed E-state index contributed by atoms with van der Waals surface area (Å²) < 4.78 is 142. The molecule has 0 aromatic heterocycles. The summed E-state index contributed by atoms with van der Waals surface area (Å²) in [6, 6.07) is 20.3. The molecule has 2 heterocycles. The van der Waals surface area contributed by atoms with Crippen molar-refractivity contribution in [2.75, 3.05) is 177 Å². The summed E-state index contributed by atoms with van der Waals surface area (Å²) in [5.41, 5.74) is 12.2. The van der Waals surface area contributed by atoms with Crippen molar-refractivity contribution in [2.24, 2.45) is 21.6 Å². The van der Waals surface area contributed by atoms with E-state index in [-0.39, 0.29) is 75.3 Å². The van der Waals surface area contributed by atoms with Gasteiger partial charge in [0.2, 0.25) is 33.3 Å². The van der Waals surface area contributed by atoms with E-state index >= 15 is 0 Å². The Morgan fingerprint density at radius 3 is 1.75 bits per heavy atom. The molecule has 0 spiro atoms. The molecule has 2 aliphatic rings. The minimum absolute atomic E-state index is 0.0136. The van der Waals surface area contributed by atoms with Gasteiger partial charge >= 0.3 is 5.97 Å². The molecule has 23 nitrogen and oxygen atoms in total. The first-order valence-electron chi connectivity index (χ1n) is 33.0. The summed E-state index contributed by atoms with van der Waals surface area (Å²) in [5, 5.41) is 22.6. The van der Waals surface area contributed by atoms with Gasteiger partial charge < -0.3 is 73.2 Å². The predicted octanol–water partition coefficient (Wildman–Crippen LogP) is 8.59. The third-order valence-corrected chi connectivity index (χ3v) is 16.8. The second-order valence-electron chi connectivity index (χ2n) is 22.6. The minimum atomic E-state index is -3.78. The van der Waals surface area contributed by atoms with Crippen molar-refractivity contribution in [2.45, 2.75) is 76.5 Å². The number of nitrogens with zero attached hydrogens (tertiary/aromatic N) is 5. The van der Waals surface area contributed by atoms with Crippen molar-refractivity contribution < 1.29 is 92.8 Å². The van der Waals surface area contributed by atoms with Crippen molar-refractivity contribution in [1.82, 2.24) is 9.21 Å². The predicted molar refractivity (Wildman–Crippen MR) is 356 cm³/mol. The number of hydrogen-bond acceptors (Lipinski definition) is 20. The highest BCUT2D eigenvalue weighted by Crippen LogP contribution is 2.37. The van der Waals surface area contributed by atoms with Crippen molar-refractivity contribution in [3.8, 4) is 22.9 Å². The van der Waals surface area contributed by atoms with Crippen molar-refractivity contribution in [1.29, 1.82) is 5.26 Å². The molecule has 0 atom stereocenters. The number of aliphatic hydroxyl groups excluding tert-OH is 1. The van der Waals surface area contributed by atoms with Crippen LogP contribution < -0.4 is 15.8 Å². The van der Waals surface area contributed by atoms with Crippen LogP contribution in [0.4, 0.5) is 28.9 Å². The van der Waals surface area contributed by atoms with E-state index < -0.39 is 51.4 Å². The summed E-state index contributed by atoms with van der Waals surface area (Å²) in [4.78, 5) is 37.7. The van der Waals surface area contributed by atoms with Gasteiger partial charge in [-0.1, -0.05) is 38.1 Å². The summed E-state index contributed by atoms with van der Waals surface area (Å²) in [5.74, 6) is -8.63. The Bertz CT molecular complexity index is 3290. The Hall–Kier alpha value is -6.82. The maximum atomic E-state index is 14.1. The van der Waals surface area contributed by atoms with Crippen LogP contribution in [0.2, 0.25) is 0 Å². The van der Waals surface area contributed by atoms with Gasteiger partial charge in [-0.2, -0.15) is 18.3 Å². The van der Waals surface area contributed by atoms with Gasteiger partial charge in [0.25, 0.3) is 0 Å². The molecule has 97 heavy (non-hydrogen) atoms. The quantitative estimate of drug-likeness (QED) is 0.00709. The van der Waals surface area contributed by atoms with Crippen LogP contribution in [-0.2, 0) is 73.4 Å². The number of halogens is 4. The number of nitrogens with two attached hydrogens (primary N) is 1. The smallest absolute Gasteiger partial charge is 0.313 e. The Morgan fingerprint density at radius 1 is 0.680 bits per heavy atom. The Morgan fingerprint density at radius 2 is 1.22 bits per heavy atom. The molecule has 0 saturated carbocycles. The number of esters is 1. The monoisotopic (exact) mass is 1380 g/mol. The Balaban J connectivity index is 0.801. The first-order chi connectivity index (χ1) is 47.1. The molecule has 4 N–H and O–H groups in total. The van der Waals surface area contributed by atoms with Gasteiger partial charge in [-0.05, 0) is 97.7 Å². The first-order valence-corrected chi connectivity index (χ1v) is 34.4. The number of rotatable bonds is 50. The average molecular weight is 1380 g/mol. The zero-order valence-corrected chi connectivity index (χ0v) is 56.4. The number of amidine groups is 2. The number of amides is 1. The number of benzene rings is 4. The lowest BCUT2D eigenvalue weighted by Gasteiger charge is -2.36. The molecule has 0 radical (unpaired) electrons. The van der Waals surface area contributed by atoms with E-state index in [1.165, 1.54) is 4.31 Å². The molecular formula is C69H93F4N7O16S. The second-order valence-corrected chi connectivity index (χ2v) is 24.5. The van der Waals surface area contributed by atoms with Gasteiger partial charge in [0.05, 0.1) is 154 Å². The van der Waals surface area contributed by atoms with E-state index in [1.807, 2.05) is 49.1 Å². The maximum Gasteiger partial charge on any atom is 0.313 e. The SMILES string of the molecule is CCCN(CCC)C(=O)C1=Cc2c(CCCCN=C(CCCOCCOCCOCCOCCOCCOCCOCCOCCOCCOCCC(=O)Oc3c(F)c(F)cc(F)c3F)Nc3cccc(C#N)c3)cc(-c3cccc(S(=O)(=O)N4CC(CO)C4)c3)cc2N=C(N)C1. The number of carbonyl (C=O) groups is 2. The lowest BCUT2D eigenvalue weighted by molar-refractivity contribution is -0.136. The lowest BCUT2D eigenvalue weighted by Crippen LogP contribution is -2.51. The van der Waals surface area contributed by atoms with Crippen LogP contribution in [0.25, 0.3) is 17.2 Å². The maximum absolute atomic E-state index is 14.1. The fraction of sp³-hybridized carbons (Fsp3) is 0.551. The van der Waals surface area contributed by atoms with Crippen LogP contribution in [0.1, 0.15) is 81.9 Å². The highest BCUT2D eigenvalue weighted by Gasteiger charge is 2.36. The molecule has 1 saturated heterocycles. The first kappa shape index (κ1) is 79.2. The van der Waals surface area contributed by atoms with Crippen LogP contribution in [0, 0.1) is 40.5 Å². The van der Waals surface area contributed by atoms with E-state index in [1.54, 1.807) is 30.3 Å².